The van der Waals surface area contributed by atoms with Gasteiger partial charge in [-0.3, -0.25) is 0 Å². The molecule has 0 aliphatic carbocycles. The quantitative estimate of drug-likeness (QED) is 0.288. The molecule has 0 bridgehead atoms. The molecule has 0 aromatic heterocycles. The molecule has 0 aromatic carbocycles. The smallest absolute Gasteiger partial charge is 1.00 e. The first kappa shape index (κ1) is 18.5. The van der Waals surface area contributed by atoms with Gasteiger partial charge in [-0.05, 0) is 6.92 Å². The van der Waals surface area contributed by atoms with Gasteiger partial charge in [0.25, 0.3) is 0 Å². The zero-order chi connectivity index (χ0) is 9.65. The largest absolute Gasteiger partial charge is 1.00 e. The van der Waals surface area contributed by atoms with Crippen molar-refractivity contribution in [3.8, 4) is 0 Å². The van der Waals surface area contributed by atoms with Crippen LogP contribution in [0.25, 0.3) is 0 Å². The first-order valence-electron chi connectivity index (χ1n) is 2.33. The molecule has 0 aromatic rings. The summed E-state index contributed by atoms with van der Waals surface area (Å²) in [5.74, 6) is -1.07. The maximum absolute atomic E-state index is 9.84. The third-order valence-corrected chi connectivity index (χ3v) is 0.876. The van der Waals surface area contributed by atoms with Crippen LogP contribution in [0.5, 0.6) is 0 Å². The molecule has 9 heteroatoms. The molecule has 0 saturated carbocycles. The van der Waals surface area contributed by atoms with Crippen molar-refractivity contribution in [1.29, 1.82) is 0 Å². The zero-order valence-electron chi connectivity index (χ0n) is 7.53. The monoisotopic (exact) mass is 256 g/mol. The fourth-order valence-electron chi connectivity index (χ4n) is 0. The molecule has 0 aliphatic heterocycles. The molecule has 68 valence electrons. The molecule has 0 heterocycles. The summed E-state index contributed by atoms with van der Waals surface area (Å²) in [6, 6.07) is 0. The van der Waals surface area contributed by atoms with Gasteiger partial charge in [-0.25, -0.2) is 4.79 Å². The van der Waals surface area contributed by atoms with E-state index < -0.39 is 17.1 Å². The summed E-state index contributed by atoms with van der Waals surface area (Å²) >= 11 is 7.89. The zero-order valence-corrected chi connectivity index (χ0v) is 8.87. The molecular weight excluding hydrogens is 249 g/mol. The van der Waals surface area contributed by atoms with Crippen molar-refractivity contribution in [2.24, 2.45) is 0 Å². The number of alkyl halides is 2. The Bertz CT molecular complexity index is 131. The molecule has 0 rings (SSSR count). The van der Waals surface area contributed by atoms with E-state index in [4.69, 9.17) is 31.8 Å². The van der Waals surface area contributed by atoms with Gasteiger partial charge in [0.05, 0.1) is 0 Å². The van der Waals surface area contributed by atoms with E-state index in [0.717, 1.165) is 0 Å². The first-order chi connectivity index (χ1) is 4.68. The van der Waals surface area contributed by atoms with Crippen LogP contribution in [0.4, 0.5) is 0 Å². The van der Waals surface area contributed by atoms with E-state index in [0.29, 0.717) is 0 Å². The molecule has 0 fully saturated rings. The number of hydrogen-bond acceptors (Lipinski definition) is 4. The van der Waals surface area contributed by atoms with Crippen LogP contribution >= 0.6 is 27.5 Å². The van der Waals surface area contributed by atoms with Gasteiger partial charge in [0, 0.05) is 0 Å². The van der Waals surface area contributed by atoms with Crippen LogP contribution in [0, 0.1) is 0 Å². The van der Waals surface area contributed by atoms with Crippen LogP contribution in [0.2, 0.25) is 0 Å². The molecule has 4 N–H and O–H groups in total. The third-order valence-electron chi connectivity index (χ3n) is 0.376. The minimum atomic E-state index is -2.17. The summed E-state index contributed by atoms with van der Waals surface area (Å²) in [4.78, 5) is 9.84. The summed E-state index contributed by atoms with van der Waals surface area (Å²) in [5, 5.41) is 29.6. The van der Waals surface area contributed by atoms with Gasteiger partial charge in [-0.1, -0.05) is 27.5 Å². The standard InChI is InChI=1S/C3H4BrClO2.BH3O3.Li.H/c1-3(4,5)2(6)7;2-1(3)4;;/h1H3,(H,6,7);2-4H;;/q;;+1;-1. The second kappa shape index (κ2) is 8.38. The van der Waals surface area contributed by atoms with E-state index in [2.05, 4.69) is 15.9 Å². The van der Waals surface area contributed by atoms with Crippen LogP contribution in [0.15, 0.2) is 0 Å². The van der Waals surface area contributed by atoms with E-state index in [9.17, 15) is 4.79 Å². The average molecular weight is 257 g/mol. The Hall–Kier alpha value is 0.782. The average Bonchev–Trinajstić information content (AvgIpc) is 1.59. The van der Waals surface area contributed by atoms with Crippen molar-refractivity contribution in [2.75, 3.05) is 0 Å². The van der Waals surface area contributed by atoms with Gasteiger partial charge in [0.1, 0.15) is 0 Å². The van der Waals surface area contributed by atoms with Crippen molar-refractivity contribution in [1.82, 2.24) is 0 Å². The summed E-state index contributed by atoms with van der Waals surface area (Å²) in [6.07, 6.45) is 0. The van der Waals surface area contributed by atoms with Crippen LogP contribution < -0.4 is 18.9 Å². The Kier molecular flexibility index (Phi) is 13.0. The summed E-state index contributed by atoms with van der Waals surface area (Å²) in [7, 11) is -2.17. The Balaban J connectivity index is -0.0000000600. The number of halogens is 2. The summed E-state index contributed by atoms with van der Waals surface area (Å²) in [5.41, 5.74) is 0. The normalized spacial score (nSPS) is 12.8. The molecule has 0 radical (unpaired) electrons. The van der Waals surface area contributed by atoms with Gasteiger partial charge in [-0.15, -0.1) is 0 Å². The molecule has 12 heavy (non-hydrogen) atoms. The SMILES string of the molecule is CC(Cl)(Br)C(=O)O.OB(O)O.[H-].[Li+]. The predicted octanol–water partition coefficient (Wildman–Crippen LogP) is -3.51. The Labute approximate surface area is 96.7 Å². The summed E-state index contributed by atoms with van der Waals surface area (Å²) < 4.78 is -1.30. The minimum absolute atomic E-state index is 0. The van der Waals surface area contributed by atoms with E-state index in [-0.39, 0.29) is 20.3 Å². The molecule has 0 amide bonds. The molecule has 5 nitrogen and oxygen atoms in total. The topological polar surface area (TPSA) is 98.0 Å². The van der Waals surface area contributed by atoms with Gasteiger partial charge in [0.2, 0.25) is 0 Å². The fraction of sp³-hybridized carbons (Fsp3) is 0.667. The Morgan fingerprint density at radius 1 is 1.58 bits per heavy atom. The van der Waals surface area contributed by atoms with E-state index >= 15 is 0 Å². The molecule has 1 unspecified atom stereocenters. The van der Waals surface area contributed by atoms with Gasteiger partial charge < -0.3 is 21.6 Å². The summed E-state index contributed by atoms with van der Waals surface area (Å²) in [6.45, 7) is 1.34. The molecule has 0 saturated heterocycles. The Morgan fingerprint density at radius 2 is 1.67 bits per heavy atom. The second-order valence-electron chi connectivity index (χ2n) is 1.54. The number of carboxylic acids is 1. The third kappa shape index (κ3) is 22.4. The second-order valence-corrected chi connectivity index (χ2v) is 4.34. The van der Waals surface area contributed by atoms with E-state index in [1.54, 1.807) is 0 Å². The van der Waals surface area contributed by atoms with Crippen LogP contribution in [-0.2, 0) is 4.79 Å². The number of hydrogen-bond donors (Lipinski definition) is 4. The van der Waals surface area contributed by atoms with E-state index in [1.165, 1.54) is 6.92 Å². The van der Waals surface area contributed by atoms with Crippen LogP contribution in [0.1, 0.15) is 8.35 Å². The van der Waals surface area contributed by atoms with Gasteiger partial charge >= 0.3 is 32.2 Å². The minimum Gasteiger partial charge on any atom is -1.00 e. The number of carbonyl (C=O) groups is 1. The number of carboxylic acid groups (broad SMARTS) is 1. The van der Waals surface area contributed by atoms with Crippen molar-refractivity contribution in [2.45, 2.75) is 10.7 Å². The maximum Gasteiger partial charge on any atom is 1.00 e. The number of rotatable bonds is 1. The van der Waals surface area contributed by atoms with Gasteiger partial charge in [0.15, 0.2) is 3.78 Å². The van der Waals surface area contributed by atoms with E-state index in [1.807, 2.05) is 0 Å². The van der Waals surface area contributed by atoms with Gasteiger partial charge in [-0.2, -0.15) is 0 Å². The van der Waals surface area contributed by atoms with Crippen LogP contribution in [0.3, 0.4) is 0 Å². The molecular formula is C3H8BBrClLiO5. The maximum atomic E-state index is 9.84. The Morgan fingerprint density at radius 3 is 1.67 bits per heavy atom. The molecule has 1 atom stereocenters. The first-order valence-corrected chi connectivity index (χ1v) is 3.50. The molecule has 0 aliphatic rings. The van der Waals surface area contributed by atoms with Crippen molar-refractivity contribution < 1.29 is 45.3 Å². The van der Waals surface area contributed by atoms with Crippen molar-refractivity contribution in [3.63, 3.8) is 0 Å². The van der Waals surface area contributed by atoms with Crippen LogP contribution in [-0.4, -0.2) is 37.3 Å². The molecule has 0 spiro atoms. The van der Waals surface area contributed by atoms with Crippen molar-refractivity contribution in [3.05, 3.63) is 0 Å². The number of aliphatic carboxylic acids is 1. The fourth-order valence-corrected chi connectivity index (χ4v) is 0. The predicted molar refractivity (Wildman–Crippen MR) is 44.3 cm³/mol. The van der Waals surface area contributed by atoms with Crippen molar-refractivity contribution >= 4 is 40.8 Å².